The molecule has 1 unspecified atom stereocenters. The van der Waals surface area contributed by atoms with Gasteiger partial charge in [-0.05, 0) is 30.3 Å². The maximum atomic E-state index is 13.8. The summed E-state index contributed by atoms with van der Waals surface area (Å²) in [4.78, 5) is 22.0. The summed E-state index contributed by atoms with van der Waals surface area (Å²) >= 11 is 0. The maximum absolute atomic E-state index is 13.8. The van der Waals surface area contributed by atoms with Crippen LogP contribution in [-0.2, 0) is 14.8 Å². The van der Waals surface area contributed by atoms with Gasteiger partial charge in [0.15, 0.2) is 11.6 Å². The Morgan fingerprint density at radius 3 is 2.68 bits per heavy atom. The standard InChI is InChI=1S/C19H20FN3O7S/c1-11(24)21-9-13-10-23(16-7-12(22-19(25)26)3-6-17(16)30-13)31(27,28)14-4-5-15(20)18(8-14)29-2/h3-8,13,22H,9-10H2,1-2H3,(H,21,24)(H,25,26). The highest BCUT2D eigenvalue weighted by molar-refractivity contribution is 7.92. The number of nitrogens with one attached hydrogen (secondary N) is 2. The van der Waals surface area contributed by atoms with Gasteiger partial charge in [-0.2, -0.15) is 0 Å². The minimum Gasteiger partial charge on any atom is -0.494 e. The number of ether oxygens (including phenoxy) is 2. The van der Waals surface area contributed by atoms with E-state index in [1.807, 2.05) is 0 Å². The number of anilines is 2. The van der Waals surface area contributed by atoms with Crippen LogP contribution in [0.25, 0.3) is 0 Å². The first-order valence-corrected chi connectivity index (χ1v) is 10.5. The lowest BCUT2D eigenvalue weighted by Crippen LogP contribution is -2.48. The van der Waals surface area contributed by atoms with Crippen molar-refractivity contribution >= 4 is 33.4 Å². The zero-order chi connectivity index (χ0) is 22.8. The van der Waals surface area contributed by atoms with Crippen molar-refractivity contribution in [1.82, 2.24) is 5.32 Å². The Bertz CT molecular complexity index is 1120. The smallest absolute Gasteiger partial charge is 0.409 e. The molecule has 0 aromatic heterocycles. The average molecular weight is 453 g/mol. The molecular weight excluding hydrogens is 433 g/mol. The number of halogens is 1. The number of amides is 2. The van der Waals surface area contributed by atoms with Gasteiger partial charge in [0, 0.05) is 18.7 Å². The van der Waals surface area contributed by atoms with Crippen LogP contribution in [0.1, 0.15) is 6.92 Å². The van der Waals surface area contributed by atoms with Gasteiger partial charge in [-0.15, -0.1) is 0 Å². The first-order chi connectivity index (χ1) is 14.6. The molecule has 0 spiro atoms. The van der Waals surface area contributed by atoms with Crippen molar-refractivity contribution in [3.05, 3.63) is 42.2 Å². The van der Waals surface area contributed by atoms with Gasteiger partial charge in [0.25, 0.3) is 10.0 Å². The van der Waals surface area contributed by atoms with E-state index in [1.165, 1.54) is 32.2 Å². The summed E-state index contributed by atoms with van der Waals surface area (Å²) in [5.74, 6) is -1.10. The third kappa shape index (κ3) is 4.79. The molecule has 2 amide bonds. The van der Waals surface area contributed by atoms with E-state index >= 15 is 0 Å². The fraction of sp³-hybridized carbons (Fsp3) is 0.263. The minimum atomic E-state index is -4.22. The SMILES string of the molecule is COc1cc(S(=O)(=O)N2CC(CNC(C)=O)Oc3ccc(NC(=O)O)cc32)ccc1F. The van der Waals surface area contributed by atoms with Gasteiger partial charge in [-0.3, -0.25) is 14.4 Å². The van der Waals surface area contributed by atoms with Crippen molar-refractivity contribution in [3.63, 3.8) is 0 Å². The molecule has 0 bridgehead atoms. The van der Waals surface area contributed by atoms with Gasteiger partial charge in [-0.25, -0.2) is 17.6 Å². The summed E-state index contributed by atoms with van der Waals surface area (Å²) in [5, 5.41) is 13.7. The molecule has 1 aliphatic rings. The lowest BCUT2D eigenvalue weighted by Gasteiger charge is -2.35. The van der Waals surface area contributed by atoms with E-state index in [-0.39, 0.29) is 46.8 Å². The fourth-order valence-electron chi connectivity index (χ4n) is 3.03. The molecule has 12 heteroatoms. The highest BCUT2D eigenvalue weighted by Crippen LogP contribution is 2.39. The first kappa shape index (κ1) is 22.2. The highest BCUT2D eigenvalue weighted by Gasteiger charge is 2.35. The molecule has 10 nitrogen and oxygen atoms in total. The summed E-state index contributed by atoms with van der Waals surface area (Å²) < 4.78 is 52.3. The Hall–Kier alpha value is -3.54. The predicted octanol–water partition coefficient (Wildman–Crippen LogP) is 2.02. The van der Waals surface area contributed by atoms with Crippen LogP contribution in [0.5, 0.6) is 11.5 Å². The van der Waals surface area contributed by atoms with Gasteiger partial charge >= 0.3 is 6.09 Å². The zero-order valence-corrected chi connectivity index (χ0v) is 17.4. The molecule has 0 saturated heterocycles. The topological polar surface area (TPSA) is 134 Å². The quantitative estimate of drug-likeness (QED) is 0.609. The second kappa shape index (κ2) is 8.68. The van der Waals surface area contributed by atoms with E-state index in [1.54, 1.807) is 0 Å². The molecule has 0 radical (unpaired) electrons. The normalized spacial score (nSPS) is 15.5. The molecule has 1 heterocycles. The predicted molar refractivity (Wildman–Crippen MR) is 109 cm³/mol. The van der Waals surface area contributed by atoms with E-state index in [4.69, 9.17) is 14.6 Å². The van der Waals surface area contributed by atoms with E-state index < -0.39 is 28.0 Å². The molecule has 0 saturated carbocycles. The molecule has 2 aromatic carbocycles. The molecule has 2 aromatic rings. The summed E-state index contributed by atoms with van der Waals surface area (Å²) in [6.45, 7) is 1.19. The second-order valence-electron chi connectivity index (χ2n) is 6.62. The van der Waals surface area contributed by atoms with Crippen molar-refractivity contribution in [2.45, 2.75) is 17.9 Å². The molecule has 0 aliphatic carbocycles. The molecular formula is C19H20FN3O7S. The number of hydrogen-bond donors (Lipinski definition) is 3. The molecule has 3 rings (SSSR count). The summed E-state index contributed by atoms with van der Waals surface area (Å²) in [5.41, 5.74) is 0.223. The molecule has 166 valence electrons. The van der Waals surface area contributed by atoms with Crippen LogP contribution >= 0.6 is 0 Å². The van der Waals surface area contributed by atoms with Crippen LogP contribution in [0.3, 0.4) is 0 Å². The largest absolute Gasteiger partial charge is 0.494 e. The molecule has 1 aliphatic heterocycles. The number of carboxylic acid groups (broad SMARTS) is 1. The Balaban J connectivity index is 2.07. The number of sulfonamides is 1. The average Bonchev–Trinajstić information content (AvgIpc) is 2.71. The van der Waals surface area contributed by atoms with Crippen molar-refractivity contribution in [2.75, 3.05) is 29.8 Å². The van der Waals surface area contributed by atoms with E-state index in [0.717, 1.165) is 22.5 Å². The van der Waals surface area contributed by atoms with Gasteiger partial charge in [-0.1, -0.05) is 0 Å². The van der Waals surface area contributed by atoms with E-state index in [0.29, 0.717) is 0 Å². The van der Waals surface area contributed by atoms with E-state index in [9.17, 15) is 22.4 Å². The lowest BCUT2D eigenvalue weighted by molar-refractivity contribution is -0.119. The Morgan fingerprint density at radius 2 is 2.03 bits per heavy atom. The second-order valence-corrected chi connectivity index (χ2v) is 8.48. The number of carbonyl (C=O) groups excluding carboxylic acids is 1. The zero-order valence-electron chi connectivity index (χ0n) is 16.6. The monoisotopic (exact) mass is 453 g/mol. The van der Waals surface area contributed by atoms with Crippen LogP contribution in [0, 0.1) is 5.82 Å². The van der Waals surface area contributed by atoms with Crippen LogP contribution < -0.4 is 24.4 Å². The Labute approximate surface area is 177 Å². The molecule has 3 N–H and O–H groups in total. The van der Waals surface area contributed by atoms with Crippen molar-refractivity contribution < 1.29 is 37.0 Å². The summed E-state index contributed by atoms with van der Waals surface area (Å²) in [7, 11) is -3.01. The van der Waals surface area contributed by atoms with Gasteiger partial charge in [0.05, 0.1) is 30.8 Å². The van der Waals surface area contributed by atoms with Gasteiger partial charge in [0.1, 0.15) is 11.9 Å². The summed E-state index contributed by atoms with van der Waals surface area (Å²) in [6.07, 6.45) is -2.04. The fourth-order valence-corrected chi connectivity index (χ4v) is 4.55. The Kier molecular flexibility index (Phi) is 6.20. The summed E-state index contributed by atoms with van der Waals surface area (Å²) in [6, 6.07) is 7.29. The number of rotatable bonds is 6. The highest BCUT2D eigenvalue weighted by atomic mass is 32.2. The minimum absolute atomic E-state index is 0.0443. The molecule has 31 heavy (non-hydrogen) atoms. The van der Waals surface area contributed by atoms with Crippen LogP contribution in [-0.4, -0.2) is 51.8 Å². The molecule has 0 fully saturated rings. The third-order valence-electron chi connectivity index (χ3n) is 4.43. The van der Waals surface area contributed by atoms with Gasteiger partial charge in [0.2, 0.25) is 5.91 Å². The first-order valence-electron chi connectivity index (χ1n) is 9.03. The van der Waals surface area contributed by atoms with E-state index in [2.05, 4.69) is 10.6 Å². The van der Waals surface area contributed by atoms with Gasteiger partial charge < -0.3 is 19.9 Å². The maximum Gasteiger partial charge on any atom is 0.409 e. The third-order valence-corrected chi connectivity index (χ3v) is 6.21. The van der Waals surface area contributed by atoms with Crippen molar-refractivity contribution in [2.24, 2.45) is 0 Å². The number of fused-ring (bicyclic) bond motifs is 1. The van der Waals surface area contributed by atoms with Crippen LogP contribution in [0.4, 0.5) is 20.6 Å². The number of carbonyl (C=O) groups is 2. The van der Waals surface area contributed by atoms with Crippen molar-refractivity contribution in [1.29, 1.82) is 0 Å². The number of benzene rings is 2. The Morgan fingerprint density at radius 1 is 1.29 bits per heavy atom. The van der Waals surface area contributed by atoms with Crippen molar-refractivity contribution in [3.8, 4) is 11.5 Å². The lowest BCUT2D eigenvalue weighted by atomic mass is 10.2. The molecule has 1 atom stereocenters. The van der Waals surface area contributed by atoms with Crippen LogP contribution in [0.2, 0.25) is 0 Å². The number of nitrogens with zero attached hydrogens (tertiary/aromatic N) is 1. The number of hydrogen-bond acceptors (Lipinski definition) is 6. The van der Waals surface area contributed by atoms with Crippen LogP contribution in [0.15, 0.2) is 41.3 Å². The number of methoxy groups -OCH3 is 1.